The van der Waals surface area contributed by atoms with Crippen molar-refractivity contribution < 1.29 is 22.3 Å². The van der Waals surface area contributed by atoms with Crippen molar-refractivity contribution in [3.05, 3.63) is 35.1 Å². The van der Waals surface area contributed by atoms with Gasteiger partial charge in [-0.15, -0.1) is 0 Å². The first-order valence-electron chi connectivity index (χ1n) is 8.24. The van der Waals surface area contributed by atoms with E-state index in [0.29, 0.717) is 50.1 Å². The van der Waals surface area contributed by atoms with Crippen molar-refractivity contribution in [2.45, 2.75) is 37.5 Å². The van der Waals surface area contributed by atoms with Crippen LogP contribution in [0.2, 0.25) is 0 Å². The average molecular weight is 359 g/mol. The summed E-state index contributed by atoms with van der Waals surface area (Å²) in [5.74, 6) is -0.524. The fourth-order valence-corrected chi connectivity index (χ4v) is 3.11. The molecule has 1 atom stereocenters. The molecule has 1 saturated heterocycles. The fourth-order valence-electron chi connectivity index (χ4n) is 3.11. The van der Waals surface area contributed by atoms with Gasteiger partial charge in [0.1, 0.15) is 5.82 Å². The fraction of sp³-hybridized carbons (Fsp3) is 0.588. The summed E-state index contributed by atoms with van der Waals surface area (Å²) in [6, 6.07) is 2.72. The molecular weight excluding hydrogens is 338 g/mol. The molecule has 4 nitrogen and oxygen atoms in total. The topological polar surface area (TPSA) is 50.8 Å². The zero-order valence-corrected chi connectivity index (χ0v) is 13.9. The SMILES string of the molecule is CC1CN(C(N)=NCC2(c3cc(F)cc(C(F)(F)F)c3)CC2)CCO1. The number of alkyl halides is 3. The first-order valence-corrected chi connectivity index (χ1v) is 8.24. The zero-order chi connectivity index (χ0) is 18.2. The maximum atomic E-state index is 13.7. The molecule has 2 N–H and O–H groups in total. The highest BCUT2D eigenvalue weighted by molar-refractivity contribution is 5.78. The number of hydrogen-bond donors (Lipinski definition) is 1. The summed E-state index contributed by atoms with van der Waals surface area (Å²) in [6.07, 6.45) is -3.18. The van der Waals surface area contributed by atoms with Gasteiger partial charge in [0, 0.05) is 18.5 Å². The van der Waals surface area contributed by atoms with E-state index in [0.717, 1.165) is 6.07 Å². The maximum Gasteiger partial charge on any atom is 0.416 e. The van der Waals surface area contributed by atoms with Gasteiger partial charge in [-0.25, -0.2) is 4.39 Å². The Morgan fingerprint density at radius 1 is 1.36 bits per heavy atom. The molecule has 1 aliphatic heterocycles. The molecule has 8 heteroatoms. The van der Waals surface area contributed by atoms with Gasteiger partial charge in [-0.2, -0.15) is 13.2 Å². The third kappa shape index (κ3) is 4.05. The van der Waals surface area contributed by atoms with Crippen LogP contribution in [0.5, 0.6) is 0 Å². The lowest BCUT2D eigenvalue weighted by molar-refractivity contribution is -0.137. The number of ether oxygens (including phenoxy) is 1. The van der Waals surface area contributed by atoms with Gasteiger partial charge >= 0.3 is 6.18 Å². The van der Waals surface area contributed by atoms with Crippen molar-refractivity contribution in [2.24, 2.45) is 10.7 Å². The van der Waals surface area contributed by atoms with E-state index in [1.807, 2.05) is 11.8 Å². The molecule has 1 saturated carbocycles. The Labute approximate surface area is 143 Å². The third-order valence-electron chi connectivity index (χ3n) is 4.80. The van der Waals surface area contributed by atoms with Crippen LogP contribution in [-0.4, -0.2) is 43.2 Å². The molecule has 1 aliphatic carbocycles. The molecule has 0 radical (unpaired) electrons. The Morgan fingerprint density at radius 2 is 2.08 bits per heavy atom. The molecule has 0 spiro atoms. The molecule has 25 heavy (non-hydrogen) atoms. The van der Waals surface area contributed by atoms with E-state index in [1.165, 1.54) is 6.07 Å². The zero-order valence-electron chi connectivity index (χ0n) is 13.9. The Balaban J connectivity index is 1.77. The van der Waals surface area contributed by atoms with Crippen LogP contribution in [0.3, 0.4) is 0 Å². The van der Waals surface area contributed by atoms with E-state index in [9.17, 15) is 17.6 Å². The molecule has 2 fully saturated rings. The Hall–Kier alpha value is -1.83. The molecule has 0 amide bonds. The number of rotatable bonds is 3. The van der Waals surface area contributed by atoms with Crippen LogP contribution in [0.4, 0.5) is 17.6 Å². The van der Waals surface area contributed by atoms with E-state index in [1.54, 1.807) is 0 Å². The Kier molecular flexibility index (Phi) is 4.66. The second-order valence-electron chi connectivity index (χ2n) is 6.81. The molecule has 0 aromatic heterocycles. The average Bonchev–Trinajstić information content (AvgIpc) is 3.32. The normalized spacial score (nSPS) is 23.6. The second-order valence-corrected chi connectivity index (χ2v) is 6.81. The Bertz CT molecular complexity index is 670. The number of halogens is 4. The third-order valence-corrected chi connectivity index (χ3v) is 4.80. The summed E-state index contributed by atoms with van der Waals surface area (Å²) in [4.78, 5) is 6.28. The number of aliphatic imine (C=N–C) groups is 1. The number of guanidine groups is 1. The van der Waals surface area contributed by atoms with Gasteiger partial charge < -0.3 is 15.4 Å². The molecule has 3 rings (SSSR count). The number of nitrogens with two attached hydrogens (primary N) is 1. The minimum Gasteiger partial charge on any atom is -0.375 e. The quantitative estimate of drug-likeness (QED) is 0.513. The van der Waals surface area contributed by atoms with E-state index in [-0.39, 0.29) is 12.6 Å². The smallest absolute Gasteiger partial charge is 0.375 e. The van der Waals surface area contributed by atoms with Crippen LogP contribution >= 0.6 is 0 Å². The summed E-state index contributed by atoms with van der Waals surface area (Å²) in [7, 11) is 0. The number of hydrogen-bond acceptors (Lipinski definition) is 2. The maximum absolute atomic E-state index is 13.7. The molecular formula is C17H21F4N3O. The highest BCUT2D eigenvalue weighted by Gasteiger charge is 2.45. The lowest BCUT2D eigenvalue weighted by Gasteiger charge is -2.32. The summed E-state index contributed by atoms with van der Waals surface area (Å²) >= 11 is 0. The van der Waals surface area contributed by atoms with Gasteiger partial charge in [-0.05, 0) is 43.5 Å². The van der Waals surface area contributed by atoms with E-state index in [4.69, 9.17) is 10.5 Å². The van der Waals surface area contributed by atoms with Gasteiger partial charge in [0.05, 0.1) is 24.8 Å². The van der Waals surface area contributed by atoms with Crippen molar-refractivity contribution >= 4 is 5.96 Å². The highest BCUT2D eigenvalue weighted by Crippen LogP contribution is 2.49. The molecule has 1 unspecified atom stereocenters. The number of benzene rings is 1. The predicted octanol–water partition coefficient (Wildman–Crippen LogP) is 2.91. The lowest BCUT2D eigenvalue weighted by atomic mass is 9.94. The lowest BCUT2D eigenvalue weighted by Crippen LogP contribution is -2.48. The van der Waals surface area contributed by atoms with Crippen molar-refractivity contribution in [1.82, 2.24) is 4.90 Å². The highest BCUT2D eigenvalue weighted by atomic mass is 19.4. The van der Waals surface area contributed by atoms with Gasteiger partial charge in [0.25, 0.3) is 0 Å². The Morgan fingerprint density at radius 3 is 2.68 bits per heavy atom. The van der Waals surface area contributed by atoms with Crippen LogP contribution < -0.4 is 5.73 Å². The minimum absolute atomic E-state index is 0.0509. The summed E-state index contributed by atoms with van der Waals surface area (Å²) in [5.41, 5.74) is 4.84. The van der Waals surface area contributed by atoms with Gasteiger partial charge in [0.2, 0.25) is 0 Å². The largest absolute Gasteiger partial charge is 0.416 e. The van der Waals surface area contributed by atoms with Crippen molar-refractivity contribution in [1.29, 1.82) is 0 Å². The second kappa shape index (κ2) is 6.48. The van der Waals surface area contributed by atoms with Crippen LogP contribution in [0.1, 0.15) is 30.9 Å². The van der Waals surface area contributed by atoms with Crippen LogP contribution in [-0.2, 0) is 16.3 Å². The molecule has 1 heterocycles. The van der Waals surface area contributed by atoms with E-state index < -0.39 is 23.0 Å². The number of morpholine rings is 1. The van der Waals surface area contributed by atoms with Gasteiger partial charge in [0.15, 0.2) is 5.96 Å². The molecule has 0 bridgehead atoms. The first-order chi connectivity index (χ1) is 11.7. The summed E-state index contributed by atoms with van der Waals surface area (Å²) in [6.45, 7) is 4.01. The van der Waals surface area contributed by atoms with Gasteiger partial charge in [-0.1, -0.05) is 0 Å². The minimum atomic E-state index is -4.57. The van der Waals surface area contributed by atoms with E-state index in [2.05, 4.69) is 4.99 Å². The van der Waals surface area contributed by atoms with Gasteiger partial charge in [-0.3, -0.25) is 4.99 Å². The van der Waals surface area contributed by atoms with Crippen molar-refractivity contribution in [3.63, 3.8) is 0 Å². The van der Waals surface area contributed by atoms with Crippen LogP contribution in [0.25, 0.3) is 0 Å². The van der Waals surface area contributed by atoms with E-state index >= 15 is 0 Å². The standard InChI is InChI=1S/C17H21F4N3O/c1-11-9-24(4-5-25-11)15(22)23-10-16(2-3-16)12-6-13(17(19,20)21)8-14(18)7-12/h6-8,11H,2-5,9-10H2,1H3,(H2,22,23). The summed E-state index contributed by atoms with van der Waals surface area (Å²) < 4.78 is 57.9. The van der Waals surface area contributed by atoms with Crippen LogP contribution in [0.15, 0.2) is 23.2 Å². The molecule has 138 valence electrons. The van der Waals surface area contributed by atoms with Crippen molar-refractivity contribution in [3.8, 4) is 0 Å². The molecule has 2 aliphatic rings. The molecule has 1 aromatic carbocycles. The number of nitrogens with zero attached hydrogens (tertiary/aromatic N) is 2. The first kappa shape index (κ1) is 18.0. The van der Waals surface area contributed by atoms with Crippen molar-refractivity contribution in [2.75, 3.05) is 26.2 Å². The van der Waals surface area contributed by atoms with Crippen LogP contribution in [0, 0.1) is 5.82 Å². The molecule has 1 aromatic rings. The predicted molar refractivity (Wildman–Crippen MR) is 85.8 cm³/mol. The monoisotopic (exact) mass is 359 g/mol. The summed E-state index contributed by atoms with van der Waals surface area (Å²) in [5, 5.41) is 0.